The highest BCUT2D eigenvalue weighted by atomic mass is 32.1. The minimum Gasteiger partial charge on any atom is -0.454 e. The van der Waals surface area contributed by atoms with E-state index in [0.717, 1.165) is 29.3 Å². The fraction of sp³-hybridized carbons (Fsp3) is 0.333. The van der Waals surface area contributed by atoms with Crippen LogP contribution in [0.4, 0.5) is 0 Å². The molecule has 114 valence electrons. The summed E-state index contributed by atoms with van der Waals surface area (Å²) in [7, 11) is 0. The zero-order valence-electron chi connectivity index (χ0n) is 11.8. The number of aromatic nitrogens is 1. The number of ether oxygens (including phenoxy) is 2. The number of thiazole rings is 1. The SMILES string of the molecule is N[C@@H]1CCN(C(=O)c2cnc(-c3ccc4c(c3)OCO4)s2)C1. The number of rotatable bonds is 2. The van der Waals surface area contributed by atoms with Crippen molar-refractivity contribution >= 4 is 17.2 Å². The van der Waals surface area contributed by atoms with Crippen LogP contribution in [0.25, 0.3) is 10.6 Å². The maximum atomic E-state index is 12.4. The molecule has 7 heteroatoms. The third-order valence-electron chi connectivity index (χ3n) is 3.85. The third kappa shape index (κ3) is 2.32. The van der Waals surface area contributed by atoms with E-state index in [1.165, 1.54) is 11.3 Å². The first-order chi connectivity index (χ1) is 10.7. The molecule has 22 heavy (non-hydrogen) atoms. The van der Waals surface area contributed by atoms with Gasteiger partial charge in [0.25, 0.3) is 5.91 Å². The smallest absolute Gasteiger partial charge is 0.265 e. The van der Waals surface area contributed by atoms with Crippen molar-refractivity contribution in [2.24, 2.45) is 5.73 Å². The summed E-state index contributed by atoms with van der Waals surface area (Å²) in [5, 5.41) is 0.796. The van der Waals surface area contributed by atoms with Gasteiger partial charge >= 0.3 is 0 Å². The van der Waals surface area contributed by atoms with Crippen molar-refractivity contribution in [3.63, 3.8) is 0 Å². The highest BCUT2D eigenvalue weighted by molar-refractivity contribution is 7.16. The third-order valence-corrected chi connectivity index (χ3v) is 4.88. The van der Waals surface area contributed by atoms with Crippen molar-refractivity contribution < 1.29 is 14.3 Å². The van der Waals surface area contributed by atoms with Crippen molar-refractivity contribution in [2.75, 3.05) is 19.9 Å². The molecule has 4 rings (SSSR count). The minimum absolute atomic E-state index is 0.0115. The van der Waals surface area contributed by atoms with Crippen LogP contribution >= 0.6 is 11.3 Å². The number of carbonyl (C=O) groups is 1. The largest absolute Gasteiger partial charge is 0.454 e. The van der Waals surface area contributed by atoms with Crippen molar-refractivity contribution in [1.29, 1.82) is 0 Å². The van der Waals surface area contributed by atoms with Gasteiger partial charge in [0.05, 0.1) is 6.20 Å². The van der Waals surface area contributed by atoms with Crippen LogP contribution in [0.1, 0.15) is 16.1 Å². The molecule has 2 N–H and O–H groups in total. The van der Waals surface area contributed by atoms with Crippen LogP contribution in [0, 0.1) is 0 Å². The molecule has 2 aliphatic heterocycles. The van der Waals surface area contributed by atoms with E-state index in [0.29, 0.717) is 17.2 Å². The Hall–Kier alpha value is -2.12. The lowest BCUT2D eigenvalue weighted by molar-refractivity contribution is 0.0795. The maximum absolute atomic E-state index is 12.4. The predicted molar refractivity (Wildman–Crippen MR) is 82.2 cm³/mol. The van der Waals surface area contributed by atoms with Gasteiger partial charge in [-0.1, -0.05) is 0 Å². The molecule has 1 fully saturated rings. The number of hydrogen-bond acceptors (Lipinski definition) is 6. The summed E-state index contributed by atoms with van der Waals surface area (Å²) in [5.74, 6) is 1.46. The van der Waals surface area contributed by atoms with Crippen LogP contribution in [0.5, 0.6) is 11.5 Å². The standard InChI is InChI=1S/C15H15N3O3S/c16-10-3-4-18(7-10)15(19)13-6-17-14(22-13)9-1-2-11-12(5-9)21-8-20-11/h1-2,5-6,10H,3-4,7-8,16H2/t10-/m1/s1. The summed E-state index contributed by atoms with van der Waals surface area (Å²) in [6.45, 7) is 1.59. The molecular weight excluding hydrogens is 302 g/mol. The molecule has 0 saturated carbocycles. The summed E-state index contributed by atoms with van der Waals surface area (Å²) in [5.41, 5.74) is 6.78. The average Bonchev–Trinajstić information content (AvgIpc) is 3.25. The molecule has 2 aliphatic rings. The monoisotopic (exact) mass is 317 g/mol. The van der Waals surface area contributed by atoms with Crippen LogP contribution in [-0.4, -0.2) is 41.7 Å². The van der Waals surface area contributed by atoms with E-state index in [2.05, 4.69) is 4.98 Å². The number of likely N-dealkylation sites (tertiary alicyclic amines) is 1. The lowest BCUT2D eigenvalue weighted by Gasteiger charge is -2.13. The zero-order chi connectivity index (χ0) is 15.1. The average molecular weight is 317 g/mol. The summed E-state index contributed by atoms with van der Waals surface area (Å²) < 4.78 is 10.7. The molecule has 0 spiro atoms. The van der Waals surface area contributed by atoms with Crippen LogP contribution in [0.3, 0.4) is 0 Å². The van der Waals surface area contributed by atoms with Gasteiger partial charge < -0.3 is 20.1 Å². The molecule has 1 aromatic carbocycles. The van der Waals surface area contributed by atoms with Crippen molar-refractivity contribution in [3.05, 3.63) is 29.3 Å². The van der Waals surface area contributed by atoms with E-state index in [-0.39, 0.29) is 18.7 Å². The van der Waals surface area contributed by atoms with Gasteiger partial charge in [0.15, 0.2) is 11.5 Å². The molecule has 0 aliphatic carbocycles. The van der Waals surface area contributed by atoms with Gasteiger partial charge in [-0.15, -0.1) is 11.3 Å². The normalized spacial score (nSPS) is 19.7. The topological polar surface area (TPSA) is 77.7 Å². The van der Waals surface area contributed by atoms with Gasteiger partial charge in [-0.05, 0) is 24.6 Å². The maximum Gasteiger partial charge on any atom is 0.265 e. The van der Waals surface area contributed by atoms with Gasteiger partial charge in [-0.2, -0.15) is 0 Å². The number of carbonyl (C=O) groups excluding carboxylic acids is 1. The fourth-order valence-corrected chi connectivity index (χ4v) is 3.54. The summed E-state index contributed by atoms with van der Waals surface area (Å²) in [6.07, 6.45) is 2.50. The molecule has 2 aromatic rings. The molecule has 1 aromatic heterocycles. The summed E-state index contributed by atoms with van der Waals surface area (Å²) in [4.78, 5) is 19.2. The second-order valence-electron chi connectivity index (χ2n) is 5.40. The molecule has 6 nitrogen and oxygen atoms in total. The number of benzene rings is 1. The highest BCUT2D eigenvalue weighted by Gasteiger charge is 2.26. The summed E-state index contributed by atoms with van der Waals surface area (Å²) >= 11 is 1.39. The molecule has 3 heterocycles. The van der Waals surface area contributed by atoms with E-state index in [9.17, 15) is 4.79 Å². The van der Waals surface area contributed by atoms with Crippen molar-refractivity contribution in [1.82, 2.24) is 9.88 Å². The van der Waals surface area contributed by atoms with E-state index >= 15 is 0 Å². The Morgan fingerprint density at radius 3 is 3.05 bits per heavy atom. The first kappa shape index (κ1) is 13.5. The van der Waals surface area contributed by atoms with Gasteiger partial charge in [-0.25, -0.2) is 4.98 Å². The predicted octanol–water partition coefficient (Wildman–Crippen LogP) is 1.71. The Kier molecular flexibility index (Phi) is 3.24. The molecule has 1 atom stereocenters. The van der Waals surface area contributed by atoms with E-state index in [1.54, 1.807) is 11.1 Å². The van der Waals surface area contributed by atoms with E-state index < -0.39 is 0 Å². The number of nitrogens with two attached hydrogens (primary N) is 1. The number of nitrogens with zero attached hydrogens (tertiary/aromatic N) is 2. The van der Waals surface area contributed by atoms with Crippen LogP contribution in [0.15, 0.2) is 24.4 Å². The van der Waals surface area contributed by atoms with Crippen molar-refractivity contribution in [2.45, 2.75) is 12.5 Å². The number of fused-ring (bicyclic) bond motifs is 1. The number of hydrogen-bond donors (Lipinski definition) is 1. The number of amides is 1. The molecule has 1 saturated heterocycles. The van der Waals surface area contributed by atoms with Crippen LogP contribution in [0.2, 0.25) is 0 Å². The molecular formula is C15H15N3O3S. The first-order valence-corrected chi connectivity index (χ1v) is 7.93. The highest BCUT2D eigenvalue weighted by Crippen LogP contribution is 2.37. The lowest BCUT2D eigenvalue weighted by atomic mass is 10.2. The van der Waals surface area contributed by atoms with Crippen molar-refractivity contribution in [3.8, 4) is 22.1 Å². The van der Waals surface area contributed by atoms with E-state index in [4.69, 9.17) is 15.2 Å². The minimum atomic E-state index is 0.0115. The van der Waals surface area contributed by atoms with Crippen LogP contribution < -0.4 is 15.2 Å². The first-order valence-electron chi connectivity index (χ1n) is 7.11. The zero-order valence-corrected chi connectivity index (χ0v) is 12.6. The van der Waals surface area contributed by atoms with Gasteiger partial charge in [0.2, 0.25) is 6.79 Å². The Morgan fingerprint density at radius 2 is 2.23 bits per heavy atom. The second-order valence-corrected chi connectivity index (χ2v) is 6.43. The fourth-order valence-electron chi connectivity index (χ4n) is 2.66. The van der Waals surface area contributed by atoms with Gasteiger partial charge in [0, 0.05) is 24.7 Å². The van der Waals surface area contributed by atoms with Gasteiger partial charge in [0.1, 0.15) is 9.88 Å². The van der Waals surface area contributed by atoms with Gasteiger partial charge in [-0.3, -0.25) is 4.79 Å². The Labute approximate surface area is 131 Å². The van der Waals surface area contributed by atoms with Crippen LogP contribution in [-0.2, 0) is 0 Å². The molecule has 0 radical (unpaired) electrons. The molecule has 1 amide bonds. The molecule has 0 bridgehead atoms. The molecule has 0 unspecified atom stereocenters. The second kappa shape index (κ2) is 5.26. The summed E-state index contributed by atoms with van der Waals surface area (Å²) in [6, 6.07) is 5.76. The Bertz CT molecular complexity index is 731. The Balaban J connectivity index is 1.57. The quantitative estimate of drug-likeness (QED) is 0.912. The Morgan fingerprint density at radius 1 is 1.36 bits per heavy atom. The lowest BCUT2D eigenvalue weighted by Crippen LogP contribution is -2.31. The van der Waals surface area contributed by atoms with E-state index in [1.807, 2.05) is 18.2 Å².